The predicted octanol–water partition coefficient (Wildman–Crippen LogP) is 2.83. The van der Waals surface area contributed by atoms with Gasteiger partial charge in [0.25, 0.3) is 0 Å². The van der Waals surface area contributed by atoms with E-state index in [0.717, 1.165) is 42.3 Å². The zero-order valence-electron chi connectivity index (χ0n) is 13.7. The van der Waals surface area contributed by atoms with Crippen LogP contribution in [-0.2, 0) is 9.59 Å². The second-order valence-electron chi connectivity index (χ2n) is 6.85. The van der Waals surface area contributed by atoms with Gasteiger partial charge in [0, 0.05) is 22.2 Å². The standard InChI is InChI=1S/C19H20N2O3/c1-11-17(14-8-4-5-9-15(14)20-11)16(22)10-21-18(23)12-6-2-3-7-13(12)19(21)24/h4-5,8-9,12-13,20H,2-3,6-7,10H2,1H3/t12-,13-/m0/s1. The quantitative estimate of drug-likeness (QED) is 0.697. The number of hydrogen-bond donors (Lipinski definition) is 1. The van der Waals surface area contributed by atoms with Crippen molar-refractivity contribution in [2.45, 2.75) is 32.6 Å². The number of Topliss-reactive ketones (excluding diaryl/α,β-unsaturated/α-hetero) is 1. The van der Waals surface area contributed by atoms with Gasteiger partial charge in [-0.15, -0.1) is 0 Å². The number of carbonyl (C=O) groups is 3. The summed E-state index contributed by atoms with van der Waals surface area (Å²) in [5.41, 5.74) is 2.25. The number of hydrogen-bond acceptors (Lipinski definition) is 3. The number of aromatic amines is 1. The molecule has 1 aromatic heterocycles. The summed E-state index contributed by atoms with van der Waals surface area (Å²) in [4.78, 5) is 42.3. The van der Waals surface area contributed by atoms with E-state index in [1.807, 2.05) is 31.2 Å². The molecular formula is C19H20N2O3. The number of fused-ring (bicyclic) bond motifs is 2. The first-order chi connectivity index (χ1) is 11.6. The highest BCUT2D eigenvalue weighted by Gasteiger charge is 2.48. The number of aryl methyl sites for hydroxylation is 1. The molecule has 1 aromatic carbocycles. The highest BCUT2D eigenvalue weighted by molar-refractivity contribution is 6.14. The molecule has 1 aliphatic carbocycles. The average Bonchev–Trinajstić information content (AvgIpc) is 3.04. The normalized spacial score (nSPS) is 23.8. The van der Waals surface area contributed by atoms with E-state index in [0.29, 0.717) is 5.56 Å². The van der Waals surface area contributed by atoms with Gasteiger partial charge >= 0.3 is 0 Å². The third-order valence-electron chi connectivity index (χ3n) is 5.41. The number of imide groups is 1. The van der Waals surface area contributed by atoms with E-state index < -0.39 is 0 Å². The molecule has 2 fully saturated rings. The van der Waals surface area contributed by atoms with E-state index in [4.69, 9.17) is 0 Å². The van der Waals surface area contributed by atoms with Crippen molar-refractivity contribution in [2.24, 2.45) is 11.8 Å². The number of rotatable bonds is 3. The second kappa shape index (κ2) is 5.58. The zero-order chi connectivity index (χ0) is 16.8. The molecule has 2 atom stereocenters. The molecule has 1 saturated carbocycles. The Morgan fingerprint density at radius 1 is 1.12 bits per heavy atom. The molecule has 1 aliphatic heterocycles. The first kappa shape index (κ1) is 15.1. The Morgan fingerprint density at radius 2 is 1.75 bits per heavy atom. The van der Waals surface area contributed by atoms with Crippen LogP contribution in [0, 0.1) is 18.8 Å². The lowest BCUT2D eigenvalue weighted by Gasteiger charge is -2.19. The van der Waals surface area contributed by atoms with Crippen molar-refractivity contribution in [3.05, 3.63) is 35.5 Å². The van der Waals surface area contributed by atoms with Gasteiger partial charge in [0.2, 0.25) is 11.8 Å². The van der Waals surface area contributed by atoms with E-state index in [2.05, 4.69) is 4.98 Å². The highest BCUT2D eigenvalue weighted by atomic mass is 16.2. The first-order valence-corrected chi connectivity index (χ1v) is 8.53. The fraction of sp³-hybridized carbons (Fsp3) is 0.421. The Kier molecular flexibility index (Phi) is 3.52. The van der Waals surface area contributed by atoms with Crippen molar-refractivity contribution >= 4 is 28.5 Å². The van der Waals surface area contributed by atoms with Crippen LogP contribution in [-0.4, -0.2) is 34.0 Å². The van der Waals surface area contributed by atoms with Crippen LogP contribution in [0.2, 0.25) is 0 Å². The lowest BCUT2D eigenvalue weighted by atomic mass is 9.81. The van der Waals surface area contributed by atoms with E-state index in [1.165, 1.54) is 4.90 Å². The molecule has 24 heavy (non-hydrogen) atoms. The maximum Gasteiger partial charge on any atom is 0.233 e. The lowest BCUT2D eigenvalue weighted by Crippen LogP contribution is -2.36. The number of ketones is 1. The van der Waals surface area contributed by atoms with Crippen LogP contribution in [0.25, 0.3) is 10.9 Å². The van der Waals surface area contributed by atoms with Gasteiger partial charge in [-0.2, -0.15) is 0 Å². The van der Waals surface area contributed by atoms with Crippen molar-refractivity contribution in [2.75, 3.05) is 6.54 Å². The molecule has 0 radical (unpaired) electrons. The molecule has 5 heteroatoms. The third kappa shape index (κ3) is 2.19. The maximum absolute atomic E-state index is 12.8. The van der Waals surface area contributed by atoms with E-state index in [9.17, 15) is 14.4 Å². The lowest BCUT2D eigenvalue weighted by molar-refractivity contribution is -0.139. The first-order valence-electron chi connectivity index (χ1n) is 8.53. The number of nitrogens with one attached hydrogen (secondary N) is 1. The number of carbonyl (C=O) groups excluding carboxylic acids is 3. The summed E-state index contributed by atoms with van der Waals surface area (Å²) < 4.78 is 0. The third-order valence-corrected chi connectivity index (χ3v) is 5.41. The molecule has 2 aliphatic rings. The molecule has 2 heterocycles. The summed E-state index contributed by atoms with van der Waals surface area (Å²) in [5.74, 6) is -0.900. The minimum Gasteiger partial charge on any atom is -0.358 e. The van der Waals surface area contributed by atoms with Crippen LogP contribution in [0.15, 0.2) is 24.3 Å². The minimum absolute atomic E-state index is 0.145. The van der Waals surface area contributed by atoms with Gasteiger partial charge < -0.3 is 4.98 Å². The molecule has 4 rings (SSSR count). The summed E-state index contributed by atoms with van der Waals surface area (Å²) in [6.07, 6.45) is 3.52. The summed E-state index contributed by atoms with van der Waals surface area (Å²) in [6.45, 7) is 1.70. The molecule has 2 amide bonds. The maximum atomic E-state index is 12.8. The Balaban J connectivity index is 1.63. The number of para-hydroxylation sites is 1. The van der Waals surface area contributed by atoms with Gasteiger partial charge in [-0.1, -0.05) is 31.0 Å². The Morgan fingerprint density at radius 3 is 2.42 bits per heavy atom. The average molecular weight is 324 g/mol. The van der Waals surface area contributed by atoms with E-state index in [-0.39, 0.29) is 36.0 Å². The minimum atomic E-state index is -0.205. The van der Waals surface area contributed by atoms with Gasteiger partial charge in [0.15, 0.2) is 5.78 Å². The summed E-state index contributed by atoms with van der Waals surface area (Å²) in [7, 11) is 0. The summed E-state index contributed by atoms with van der Waals surface area (Å²) in [6, 6.07) is 7.59. The van der Waals surface area contributed by atoms with Crippen LogP contribution in [0.5, 0.6) is 0 Å². The largest absolute Gasteiger partial charge is 0.358 e. The van der Waals surface area contributed by atoms with Gasteiger partial charge in [0.1, 0.15) is 0 Å². The molecule has 0 spiro atoms. The Hall–Kier alpha value is -2.43. The molecule has 1 saturated heterocycles. The molecule has 0 bridgehead atoms. The molecular weight excluding hydrogens is 304 g/mol. The highest BCUT2D eigenvalue weighted by Crippen LogP contribution is 2.38. The fourth-order valence-corrected chi connectivity index (χ4v) is 4.25. The number of H-pyrrole nitrogens is 1. The Labute approximate surface area is 140 Å². The fourth-order valence-electron chi connectivity index (χ4n) is 4.25. The van der Waals surface area contributed by atoms with Crippen molar-refractivity contribution in [3.8, 4) is 0 Å². The molecule has 0 unspecified atom stereocenters. The monoisotopic (exact) mass is 324 g/mol. The van der Waals surface area contributed by atoms with E-state index in [1.54, 1.807) is 0 Å². The van der Waals surface area contributed by atoms with Crippen LogP contribution in [0.1, 0.15) is 41.7 Å². The molecule has 124 valence electrons. The number of amides is 2. The summed E-state index contributed by atoms with van der Waals surface area (Å²) >= 11 is 0. The van der Waals surface area contributed by atoms with Crippen LogP contribution in [0.4, 0.5) is 0 Å². The SMILES string of the molecule is Cc1[nH]c2ccccc2c1C(=O)CN1C(=O)[C@H]2CCCC[C@@H]2C1=O. The smallest absolute Gasteiger partial charge is 0.233 e. The van der Waals surface area contributed by atoms with Crippen molar-refractivity contribution in [1.29, 1.82) is 0 Å². The Bertz CT molecular complexity index is 827. The van der Waals surface area contributed by atoms with Gasteiger partial charge in [0.05, 0.1) is 18.4 Å². The van der Waals surface area contributed by atoms with Crippen LogP contribution >= 0.6 is 0 Å². The van der Waals surface area contributed by atoms with Crippen LogP contribution < -0.4 is 0 Å². The van der Waals surface area contributed by atoms with Gasteiger partial charge in [-0.3, -0.25) is 19.3 Å². The van der Waals surface area contributed by atoms with Crippen LogP contribution in [0.3, 0.4) is 0 Å². The molecule has 5 nitrogen and oxygen atoms in total. The predicted molar refractivity (Wildman–Crippen MR) is 89.5 cm³/mol. The van der Waals surface area contributed by atoms with Gasteiger partial charge in [-0.25, -0.2) is 0 Å². The second-order valence-corrected chi connectivity index (χ2v) is 6.85. The topological polar surface area (TPSA) is 70.2 Å². The molecule has 1 N–H and O–H groups in total. The van der Waals surface area contributed by atoms with E-state index >= 15 is 0 Å². The van der Waals surface area contributed by atoms with Gasteiger partial charge in [-0.05, 0) is 25.8 Å². The van der Waals surface area contributed by atoms with Crippen molar-refractivity contribution in [3.63, 3.8) is 0 Å². The number of aromatic nitrogens is 1. The zero-order valence-corrected chi connectivity index (χ0v) is 13.7. The number of benzene rings is 1. The van der Waals surface area contributed by atoms with Crippen molar-refractivity contribution in [1.82, 2.24) is 9.88 Å². The molecule has 2 aromatic rings. The summed E-state index contributed by atoms with van der Waals surface area (Å²) in [5, 5.41) is 0.844. The number of likely N-dealkylation sites (tertiary alicyclic amines) is 1. The number of nitrogens with zero attached hydrogens (tertiary/aromatic N) is 1. The van der Waals surface area contributed by atoms with Crippen molar-refractivity contribution < 1.29 is 14.4 Å².